The highest BCUT2D eigenvalue weighted by Gasteiger charge is 2.50. The Morgan fingerprint density at radius 3 is 2.59 bits per heavy atom. The largest absolute Gasteiger partial charge is 0.494 e. The Labute approximate surface area is 163 Å². The van der Waals surface area contributed by atoms with E-state index in [2.05, 4.69) is 0 Å². The van der Waals surface area contributed by atoms with Gasteiger partial charge >= 0.3 is 0 Å². The Balaban J connectivity index is 1.71. The number of amides is 1. The zero-order chi connectivity index (χ0) is 19.6. The molecule has 0 unspecified atom stereocenters. The number of carbonyl (C=O) groups excluding carboxylic acids is 2. The Morgan fingerprint density at radius 1 is 1.22 bits per heavy atom. The predicted octanol–water partition coefficient (Wildman–Crippen LogP) is 3.63. The zero-order valence-electron chi connectivity index (χ0n) is 15.4. The SMILES string of the molecule is CC(=O)C[C@]1(O)C(=O)N(CCCOc2ccc(Cl)cc2)c2ccc(C)cc21. The molecule has 1 heterocycles. The molecule has 0 fully saturated rings. The number of ketones is 1. The fraction of sp³-hybridized carbons (Fsp3) is 0.333. The number of anilines is 1. The van der Waals surface area contributed by atoms with E-state index in [0.717, 1.165) is 5.56 Å². The Morgan fingerprint density at radius 2 is 1.93 bits per heavy atom. The average molecular weight is 388 g/mol. The molecule has 0 aromatic heterocycles. The molecule has 5 nitrogen and oxygen atoms in total. The molecule has 2 aromatic rings. The van der Waals surface area contributed by atoms with Gasteiger partial charge in [0.25, 0.3) is 5.91 Å². The molecule has 0 saturated heterocycles. The first kappa shape index (κ1) is 19.4. The van der Waals surface area contributed by atoms with Gasteiger partial charge in [0.2, 0.25) is 0 Å². The molecule has 1 aliphatic rings. The topological polar surface area (TPSA) is 66.8 Å². The van der Waals surface area contributed by atoms with Gasteiger partial charge in [-0.3, -0.25) is 9.59 Å². The lowest BCUT2D eigenvalue weighted by Crippen LogP contribution is -2.42. The number of rotatable bonds is 7. The van der Waals surface area contributed by atoms with Gasteiger partial charge in [0.1, 0.15) is 11.5 Å². The molecule has 0 bridgehead atoms. The number of aryl methyl sites for hydroxylation is 1. The lowest BCUT2D eigenvalue weighted by Gasteiger charge is -2.22. The van der Waals surface area contributed by atoms with Crippen molar-refractivity contribution in [1.29, 1.82) is 0 Å². The molecule has 0 spiro atoms. The summed E-state index contributed by atoms with van der Waals surface area (Å²) < 4.78 is 5.67. The van der Waals surface area contributed by atoms with Crippen LogP contribution in [-0.2, 0) is 15.2 Å². The maximum Gasteiger partial charge on any atom is 0.264 e. The van der Waals surface area contributed by atoms with E-state index in [1.54, 1.807) is 35.2 Å². The van der Waals surface area contributed by atoms with Crippen molar-refractivity contribution in [2.45, 2.75) is 32.3 Å². The zero-order valence-corrected chi connectivity index (χ0v) is 16.1. The standard InChI is InChI=1S/C21H22ClNO4/c1-14-4-9-19-18(12-14)21(26,13-15(2)24)20(25)23(19)10-3-11-27-17-7-5-16(22)6-8-17/h4-9,12,26H,3,10-11,13H2,1-2H3/t21-/m1/s1. The molecule has 1 N–H and O–H groups in total. The van der Waals surface area contributed by atoms with Crippen molar-refractivity contribution < 1.29 is 19.4 Å². The maximum absolute atomic E-state index is 12.9. The van der Waals surface area contributed by atoms with Crippen LogP contribution in [0, 0.1) is 6.92 Å². The van der Waals surface area contributed by atoms with Crippen molar-refractivity contribution in [3.8, 4) is 5.75 Å². The normalized spacial score (nSPS) is 18.5. The van der Waals surface area contributed by atoms with Crippen molar-refractivity contribution in [3.05, 3.63) is 58.6 Å². The summed E-state index contributed by atoms with van der Waals surface area (Å²) in [5, 5.41) is 11.6. The van der Waals surface area contributed by atoms with Crippen LogP contribution in [0.25, 0.3) is 0 Å². The van der Waals surface area contributed by atoms with E-state index in [1.165, 1.54) is 6.92 Å². The molecule has 1 aliphatic heterocycles. The van der Waals surface area contributed by atoms with E-state index >= 15 is 0 Å². The smallest absolute Gasteiger partial charge is 0.264 e. The molecular formula is C21H22ClNO4. The number of halogens is 1. The number of nitrogens with zero attached hydrogens (tertiary/aromatic N) is 1. The van der Waals surface area contributed by atoms with Gasteiger partial charge in [0.05, 0.1) is 12.3 Å². The Bertz CT molecular complexity index is 865. The third-order valence-electron chi connectivity index (χ3n) is 4.60. The van der Waals surface area contributed by atoms with E-state index in [4.69, 9.17) is 16.3 Å². The highest BCUT2D eigenvalue weighted by atomic mass is 35.5. The number of ether oxygens (including phenoxy) is 1. The van der Waals surface area contributed by atoms with Gasteiger partial charge in [-0.2, -0.15) is 0 Å². The summed E-state index contributed by atoms with van der Waals surface area (Å²) in [5.74, 6) is 0.0206. The molecule has 6 heteroatoms. The van der Waals surface area contributed by atoms with Crippen LogP contribution >= 0.6 is 11.6 Å². The summed E-state index contributed by atoms with van der Waals surface area (Å²) in [6, 6.07) is 12.6. The van der Waals surface area contributed by atoms with Crippen LogP contribution in [0.5, 0.6) is 5.75 Å². The lowest BCUT2D eigenvalue weighted by molar-refractivity contribution is -0.141. The van der Waals surface area contributed by atoms with Crippen LogP contribution in [-0.4, -0.2) is 29.9 Å². The first-order chi connectivity index (χ1) is 12.8. The number of benzene rings is 2. The summed E-state index contributed by atoms with van der Waals surface area (Å²) in [6.07, 6.45) is 0.359. The molecule has 1 amide bonds. The third kappa shape index (κ3) is 3.99. The monoisotopic (exact) mass is 387 g/mol. The molecule has 0 radical (unpaired) electrons. The van der Waals surface area contributed by atoms with Gasteiger partial charge < -0.3 is 14.7 Å². The first-order valence-corrected chi connectivity index (χ1v) is 9.22. The summed E-state index contributed by atoms with van der Waals surface area (Å²) in [5.41, 5.74) is 0.295. The first-order valence-electron chi connectivity index (χ1n) is 8.84. The van der Waals surface area contributed by atoms with Crippen LogP contribution in [0.1, 0.15) is 30.9 Å². The van der Waals surface area contributed by atoms with Crippen molar-refractivity contribution in [2.75, 3.05) is 18.1 Å². The van der Waals surface area contributed by atoms with Crippen molar-refractivity contribution in [2.24, 2.45) is 0 Å². The van der Waals surface area contributed by atoms with E-state index in [9.17, 15) is 14.7 Å². The van der Waals surface area contributed by atoms with Crippen LogP contribution in [0.2, 0.25) is 5.02 Å². The van der Waals surface area contributed by atoms with Gasteiger partial charge in [0, 0.05) is 23.6 Å². The number of Topliss-reactive ketones (excluding diaryl/α,β-unsaturated/α-hetero) is 1. The fourth-order valence-electron chi connectivity index (χ4n) is 3.36. The highest BCUT2D eigenvalue weighted by molar-refractivity contribution is 6.30. The summed E-state index contributed by atoms with van der Waals surface area (Å²) in [7, 11) is 0. The number of hydrogen-bond donors (Lipinski definition) is 1. The minimum absolute atomic E-state index is 0.222. The van der Waals surface area contributed by atoms with Gasteiger partial charge in [-0.15, -0.1) is 0 Å². The predicted molar refractivity (Wildman–Crippen MR) is 104 cm³/mol. The number of aliphatic hydroxyl groups is 1. The third-order valence-corrected chi connectivity index (χ3v) is 4.85. The lowest BCUT2D eigenvalue weighted by atomic mass is 9.89. The fourth-order valence-corrected chi connectivity index (χ4v) is 3.49. The van der Waals surface area contributed by atoms with Gasteiger partial charge in [-0.05, 0) is 50.6 Å². The minimum Gasteiger partial charge on any atom is -0.494 e. The minimum atomic E-state index is -1.79. The average Bonchev–Trinajstić information content (AvgIpc) is 2.81. The number of hydrogen-bond acceptors (Lipinski definition) is 4. The maximum atomic E-state index is 12.9. The molecule has 142 valence electrons. The summed E-state index contributed by atoms with van der Waals surface area (Å²) in [4.78, 5) is 26.1. The van der Waals surface area contributed by atoms with Crippen molar-refractivity contribution in [3.63, 3.8) is 0 Å². The number of fused-ring (bicyclic) bond motifs is 1. The van der Waals surface area contributed by atoms with Crippen LogP contribution in [0.4, 0.5) is 5.69 Å². The second-order valence-corrected chi connectivity index (χ2v) is 7.31. The molecule has 1 atom stereocenters. The van der Waals surface area contributed by atoms with Gasteiger partial charge in [-0.1, -0.05) is 29.3 Å². The molecule has 27 heavy (non-hydrogen) atoms. The van der Waals surface area contributed by atoms with Crippen molar-refractivity contribution >= 4 is 29.0 Å². The second-order valence-electron chi connectivity index (χ2n) is 6.87. The molecule has 3 rings (SSSR count). The van der Waals surface area contributed by atoms with E-state index in [-0.39, 0.29) is 12.2 Å². The van der Waals surface area contributed by atoms with Crippen LogP contribution in [0.3, 0.4) is 0 Å². The van der Waals surface area contributed by atoms with Crippen LogP contribution < -0.4 is 9.64 Å². The summed E-state index contributed by atoms with van der Waals surface area (Å²) >= 11 is 5.85. The van der Waals surface area contributed by atoms with Gasteiger partial charge in [0.15, 0.2) is 5.60 Å². The Kier molecular flexibility index (Phi) is 5.53. The van der Waals surface area contributed by atoms with E-state index < -0.39 is 11.5 Å². The Hall–Kier alpha value is -2.37. The molecule has 2 aromatic carbocycles. The van der Waals surface area contributed by atoms with E-state index in [0.29, 0.717) is 41.6 Å². The van der Waals surface area contributed by atoms with E-state index in [1.807, 2.05) is 19.1 Å². The quantitative estimate of drug-likeness (QED) is 0.737. The second kappa shape index (κ2) is 7.71. The van der Waals surface area contributed by atoms with Crippen molar-refractivity contribution in [1.82, 2.24) is 0 Å². The molecule has 0 saturated carbocycles. The van der Waals surface area contributed by atoms with Crippen LogP contribution in [0.15, 0.2) is 42.5 Å². The highest BCUT2D eigenvalue weighted by Crippen LogP contribution is 2.43. The summed E-state index contributed by atoms with van der Waals surface area (Å²) in [6.45, 7) is 4.07. The molecule has 0 aliphatic carbocycles. The van der Waals surface area contributed by atoms with Gasteiger partial charge in [-0.25, -0.2) is 0 Å². The number of carbonyl (C=O) groups is 2. The molecular weight excluding hydrogens is 366 g/mol.